The van der Waals surface area contributed by atoms with E-state index < -0.39 is 0 Å². The first-order chi connectivity index (χ1) is 8.69. The van der Waals surface area contributed by atoms with Gasteiger partial charge in [-0.15, -0.1) is 11.6 Å². The van der Waals surface area contributed by atoms with Gasteiger partial charge in [-0.2, -0.15) is 0 Å². The summed E-state index contributed by atoms with van der Waals surface area (Å²) in [7, 11) is 1.83. The van der Waals surface area contributed by atoms with Crippen molar-refractivity contribution in [1.82, 2.24) is 14.9 Å². The Labute approximate surface area is 111 Å². The Morgan fingerprint density at radius 3 is 2.89 bits per heavy atom. The lowest BCUT2D eigenvalue weighted by atomic mass is 10.1. The zero-order chi connectivity index (χ0) is 13.0. The highest BCUT2D eigenvalue weighted by Crippen LogP contribution is 2.07. The Kier molecular flexibility index (Phi) is 3.99. The van der Waals surface area contributed by atoms with Crippen LogP contribution in [0, 0.1) is 0 Å². The predicted octanol–water partition coefficient (Wildman–Crippen LogP) is 2.09. The van der Waals surface area contributed by atoms with Gasteiger partial charge < -0.3 is 9.88 Å². The number of hydrogen-bond acceptors (Lipinski definition) is 2. The third-order valence-corrected chi connectivity index (χ3v) is 2.84. The molecule has 1 amide bonds. The van der Waals surface area contributed by atoms with Gasteiger partial charge in [-0.1, -0.05) is 24.3 Å². The number of nitrogens with zero attached hydrogens (tertiary/aromatic N) is 2. The molecule has 0 aliphatic heterocycles. The van der Waals surface area contributed by atoms with Crippen molar-refractivity contribution < 1.29 is 4.79 Å². The van der Waals surface area contributed by atoms with Gasteiger partial charge in [0.05, 0.1) is 6.33 Å². The molecular formula is C13H14ClN3O. The van der Waals surface area contributed by atoms with Crippen LogP contribution >= 0.6 is 11.6 Å². The summed E-state index contributed by atoms with van der Waals surface area (Å²) in [5.74, 6) is 0.300. The lowest BCUT2D eigenvalue weighted by molar-refractivity contribution is 0.0946. The van der Waals surface area contributed by atoms with E-state index in [2.05, 4.69) is 10.3 Å². The summed E-state index contributed by atoms with van der Waals surface area (Å²) in [5.41, 5.74) is 2.49. The second kappa shape index (κ2) is 5.69. The van der Waals surface area contributed by atoms with Crippen LogP contribution in [0.1, 0.15) is 21.6 Å². The van der Waals surface area contributed by atoms with Gasteiger partial charge in [-0.05, 0) is 11.1 Å². The van der Waals surface area contributed by atoms with Crippen molar-refractivity contribution in [3.63, 3.8) is 0 Å². The number of carbonyl (C=O) groups excluding carboxylic acids is 1. The van der Waals surface area contributed by atoms with Gasteiger partial charge in [-0.3, -0.25) is 4.79 Å². The molecule has 0 aliphatic carbocycles. The molecule has 0 radical (unpaired) electrons. The minimum atomic E-state index is -0.174. The van der Waals surface area contributed by atoms with Crippen molar-refractivity contribution in [1.29, 1.82) is 0 Å². The minimum Gasteiger partial charge on any atom is -0.347 e. The lowest BCUT2D eigenvalue weighted by Crippen LogP contribution is -2.23. The van der Waals surface area contributed by atoms with Crippen molar-refractivity contribution in [2.24, 2.45) is 7.05 Å². The van der Waals surface area contributed by atoms with Crippen LogP contribution in [-0.2, 0) is 19.5 Å². The number of rotatable bonds is 4. The monoisotopic (exact) mass is 263 g/mol. The fourth-order valence-corrected chi connectivity index (χ4v) is 1.79. The Morgan fingerprint density at radius 1 is 1.44 bits per heavy atom. The number of carbonyl (C=O) groups is 1. The van der Waals surface area contributed by atoms with Gasteiger partial charge in [0, 0.05) is 25.7 Å². The minimum absolute atomic E-state index is 0.174. The molecule has 1 N–H and O–H groups in total. The molecule has 4 nitrogen and oxygen atoms in total. The molecule has 1 aromatic heterocycles. The third-order valence-electron chi connectivity index (χ3n) is 2.54. The zero-order valence-electron chi connectivity index (χ0n) is 10.1. The summed E-state index contributed by atoms with van der Waals surface area (Å²) in [4.78, 5) is 15.8. The van der Waals surface area contributed by atoms with Crippen molar-refractivity contribution in [2.75, 3.05) is 0 Å². The van der Waals surface area contributed by atoms with E-state index in [1.54, 1.807) is 17.1 Å². The van der Waals surface area contributed by atoms with E-state index in [9.17, 15) is 4.79 Å². The smallest absolute Gasteiger partial charge is 0.271 e. The van der Waals surface area contributed by atoms with Crippen LogP contribution in [0.15, 0.2) is 36.8 Å². The fraction of sp³-hybridized carbons (Fsp3) is 0.231. The largest absolute Gasteiger partial charge is 0.347 e. The summed E-state index contributed by atoms with van der Waals surface area (Å²) < 4.78 is 1.74. The van der Waals surface area contributed by atoms with Gasteiger partial charge in [-0.25, -0.2) is 4.98 Å². The van der Waals surface area contributed by atoms with Gasteiger partial charge in [0.15, 0.2) is 0 Å². The summed E-state index contributed by atoms with van der Waals surface area (Å²) in [6.07, 6.45) is 3.29. The molecule has 0 unspecified atom stereocenters. The first-order valence-corrected chi connectivity index (χ1v) is 6.12. The number of imidazole rings is 1. The van der Waals surface area contributed by atoms with E-state index in [0.29, 0.717) is 18.1 Å². The molecule has 0 aliphatic rings. The van der Waals surface area contributed by atoms with E-state index >= 15 is 0 Å². The predicted molar refractivity (Wildman–Crippen MR) is 70.4 cm³/mol. The molecular weight excluding hydrogens is 250 g/mol. The van der Waals surface area contributed by atoms with Crippen molar-refractivity contribution >= 4 is 17.5 Å². The van der Waals surface area contributed by atoms with Gasteiger partial charge in [0.1, 0.15) is 5.69 Å². The highest BCUT2D eigenvalue weighted by atomic mass is 35.5. The maximum absolute atomic E-state index is 11.8. The second-order valence-electron chi connectivity index (χ2n) is 4.06. The normalized spacial score (nSPS) is 10.3. The van der Waals surface area contributed by atoms with Crippen LogP contribution < -0.4 is 5.32 Å². The topological polar surface area (TPSA) is 46.9 Å². The first kappa shape index (κ1) is 12.6. The number of nitrogens with one attached hydrogen (secondary N) is 1. The molecule has 0 saturated heterocycles. The Morgan fingerprint density at radius 2 is 2.22 bits per heavy atom. The average Bonchev–Trinajstić information content (AvgIpc) is 2.83. The van der Waals surface area contributed by atoms with Gasteiger partial charge in [0.2, 0.25) is 0 Å². The maximum Gasteiger partial charge on any atom is 0.271 e. The van der Waals surface area contributed by atoms with Crippen molar-refractivity contribution in [2.45, 2.75) is 12.4 Å². The molecule has 18 heavy (non-hydrogen) atoms. The molecule has 1 aromatic carbocycles. The van der Waals surface area contributed by atoms with E-state index in [4.69, 9.17) is 11.6 Å². The van der Waals surface area contributed by atoms with Crippen LogP contribution in [0.4, 0.5) is 0 Å². The molecule has 0 saturated carbocycles. The molecule has 0 atom stereocenters. The Balaban J connectivity index is 1.97. The maximum atomic E-state index is 11.8. The number of hydrogen-bond donors (Lipinski definition) is 1. The zero-order valence-corrected chi connectivity index (χ0v) is 10.8. The Bertz CT molecular complexity index is 551. The molecule has 0 spiro atoms. The number of aryl methyl sites for hydroxylation is 1. The summed E-state index contributed by atoms with van der Waals surface area (Å²) in [6.45, 7) is 0.472. The molecule has 0 bridgehead atoms. The molecule has 0 fully saturated rings. The number of benzene rings is 1. The van der Waals surface area contributed by atoms with Crippen LogP contribution in [0.2, 0.25) is 0 Å². The van der Waals surface area contributed by atoms with Gasteiger partial charge >= 0.3 is 0 Å². The van der Waals surface area contributed by atoms with E-state index in [-0.39, 0.29) is 5.91 Å². The highest BCUT2D eigenvalue weighted by molar-refractivity contribution is 6.17. The molecule has 2 rings (SSSR count). The summed E-state index contributed by atoms with van der Waals surface area (Å²) >= 11 is 5.76. The fourth-order valence-electron chi connectivity index (χ4n) is 1.63. The molecule has 1 heterocycles. The molecule has 94 valence electrons. The van der Waals surface area contributed by atoms with Crippen LogP contribution in [0.3, 0.4) is 0 Å². The second-order valence-corrected chi connectivity index (χ2v) is 4.33. The first-order valence-electron chi connectivity index (χ1n) is 5.59. The lowest BCUT2D eigenvalue weighted by Gasteiger charge is -2.04. The Hall–Kier alpha value is -1.81. The van der Waals surface area contributed by atoms with E-state index in [1.165, 1.54) is 0 Å². The molecule has 5 heteroatoms. The standard InChI is InChI=1S/C13H14ClN3O/c1-17-8-12(16-9-17)13(18)15-7-11-4-2-3-10(5-11)6-14/h2-5,8-9H,6-7H2,1H3,(H,15,18). The van der Waals surface area contributed by atoms with Crippen LogP contribution in [0.5, 0.6) is 0 Å². The number of aromatic nitrogens is 2. The number of halogens is 1. The SMILES string of the molecule is Cn1cnc(C(=O)NCc2cccc(CCl)c2)c1. The average molecular weight is 264 g/mol. The quantitative estimate of drug-likeness (QED) is 0.859. The van der Waals surface area contributed by atoms with Crippen LogP contribution in [-0.4, -0.2) is 15.5 Å². The van der Waals surface area contributed by atoms with E-state index in [0.717, 1.165) is 11.1 Å². The highest BCUT2D eigenvalue weighted by Gasteiger charge is 2.07. The van der Waals surface area contributed by atoms with Crippen molar-refractivity contribution in [3.05, 3.63) is 53.6 Å². The van der Waals surface area contributed by atoms with Crippen LogP contribution in [0.25, 0.3) is 0 Å². The number of amides is 1. The number of alkyl halides is 1. The van der Waals surface area contributed by atoms with E-state index in [1.807, 2.05) is 31.3 Å². The van der Waals surface area contributed by atoms with Crippen molar-refractivity contribution in [3.8, 4) is 0 Å². The molecule has 2 aromatic rings. The van der Waals surface area contributed by atoms with Gasteiger partial charge in [0.25, 0.3) is 5.91 Å². The summed E-state index contributed by atoms with van der Waals surface area (Å²) in [5, 5.41) is 2.82. The third kappa shape index (κ3) is 3.11. The summed E-state index contributed by atoms with van der Waals surface area (Å²) in [6, 6.07) is 7.82.